The first-order chi connectivity index (χ1) is 10.1. The molecule has 0 atom stereocenters. The SMILES string of the molecule is CCCNCc1ccc(S(=O)(=O)NCCOCCOC)o1. The Morgan fingerprint density at radius 3 is 2.71 bits per heavy atom. The summed E-state index contributed by atoms with van der Waals surface area (Å²) in [5.74, 6) is 0.597. The molecule has 122 valence electrons. The average molecular weight is 320 g/mol. The van der Waals surface area contributed by atoms with Crippen LogP contribution in [0.25, 0.3) is 0 Å². The number of ether oxygens (including phenoxy) is 2. The van der Waals surface area contributed by atoms with Gasteiger partial charge in [-0.05, 0) is 25.1 Å². The second-order valence-electron chi connectivity index (χ2n) is 4.40. The summed E-state index contributed by atoms with van der Waals surface area (Å²) in [6.45, 7) is 4.84. The maximum atomic E-state index is 12.0. The van der Waals surface area contributed by atoms with Crippen molar-refractivity contribution in [1.82, 2.24) is 10.0 Å². The van der Waals surface area contributed by atoms with Gasteiger partial charge in [0.1, 0.15) is 5.76 Å². The summed E-state index contributed by atoms with van der Waals surface area (Å²) >= 11 is 0. The third-order valence-electron chi connectivity index (χ3n) is 2.60. The fourth-order valence-electron chi connectivity index (χ4n) is 1.55. The Hall–Kier alpha value is -0.930. The smallest absolute Gasteiger partial charge is 0.274 e. The van der Waals surface area contributed by atoms with Crippen molar-refractivity contribution in [3.8, 4) is 0 Å². The standard InChI is InChI=1S/C13H24N2O5S/c1-3-6-14-11-12-4-5-13(20-12)21(16,17)15-7-8-19-10-9-18-2/h4-5,14-15H,3,6-11H2,1-2H3. The Kier molecular flexibility index (Phi) is 8.55. The summed E-state index contributed by atoms with van der Waals surface area (Å²) in [7, 11) is -2.04. The van der Waals surface area contributed by atoms with Crippen molar-refractivity contribution >= 4 is 10.0 Å². The largest absolute Gasteiger partial charge is 0.447 e. The van der Waals surface area contributed by atoms with E-state index in [1.54, 1.807) is 13.2 Å². The molecule has 0 fully saturated rings. The average Bonchev–Trinajstić information content (AvgIpc) is 2.93. The summed E-state index contributed by atoms with van der Waals surface area (Å²) in [5, 5.41) is 3.07. The van der Waals surface area contributed by atoms with Crippen LogP contribution in [0.2, 0.25) is 0 Å². The zero-order valence-electron chi connectivity index (χ0n) is 12.6. The van der Waals surface area contributed by atoms with E-state index in [0.717, 1.165) is 13.0 Å². The number of sulfonamides is 1. The van der Waals surface area contributed by atoms with E-state index in [-0.39, 0.29) is 18.2 Å². The summed E-state index contributed by atoms with van der Waals surface area (Å²) in [5.41, 5.74) is 0. The van der Waals surface area contributed by atoms with Crippen LogP contribution in [-0.4, -0.2) is 48.4 Å². The van der Waals surface area contributed by atoms with E-state index in [1.165, 1.54) is 6.07 Å². The normalized spacial score (nSPS) is 11.9. The Bertz CT molecular complexity index is 487. The molecule has 0 saturated carbocycles. The van der Waals surface area contributed by atoms with Gasteiger partial charge in [-0.3, -0.25) is 0 Å². The van der Waals surface area contributed by atoms with Crippen LogP contribution in [0, 0.1) is 0 Å². The monoisotopic (exact) mass is 320 g/mol. The molecule has 1 aromatic heterocycles. The molecule has 8 heteroatoms. The first-order valence-electron chi connectivity index (χ1n) is 6.96. The first-order valence-corrected chi connectivity index (χ1v) is 8.44. The summed E-state index contributed by atoms with van der Waals surface area (Å²) in [6.07, 6.45) is 1.01. The number of hydrogen-bond donors (Lipinski definition) is 2. The van der Waals surface area contributed by atoms with Crippen LogP contribution in [0.4, 0.5) is 0 Å². The van der Waals surface area contributed by atoms with Gasteiger partial charge in [0.25, 0.3) is 10.0 Å². The van der Waals surface area contributed by atoms with E-state index in [2.05, 4.69) is 17.0 Å². The minimum atomic E-state index is -3.62. The number of furan rings is 1. The van der Waals surface area contributed by atoms with Crippen LogP contribution < -0.4 is 10.0 Å². The Morgan fingerprint density at radius 1 is 1.19 bits per heavy atom. The molecule has 1 heterocycles. The lowest BCUT2D eigenvalue weighted by atomic mass is 10.4. The van der Waals surface area contributed by atoms with E-state index in [1.807, 2.05) is 0 Å². The van der Waals surface area contributed by atoms with Gasteiger partial charge in [-0.15, -0.1) is 0 Å². The fraction of sp³-hybridized carbons (Fsp3) is 0.692. The Labute approximate surface area is 126 Å². The second-order valence-corrected chi connectivity index (χ2v) is 6.10. The zero-order valence-corrected chi connectivity index (χ0v) is 13.4. The van der Waals surface area contributed by atoms with Crippen molar-refractivity contribution in [2.45, 2.75) is 25.0 Å². The zero-order chi connectivity index (χ0) is 15.6. The third-order valence-corrected chi connectivity index (χ3v) is 3.93. The predicted octanol–water partition coefficient (Wildman–Crippen LogP) is 0.721. The molecule has 0 aromatic carbocycles. The topological polar surface area (TPSA) is 89.8 Å². The second kappa shape index (κ2) is 9.91. The molecular weight excluding hydrogens is 296 g/mol. The molecule has 21 heavy (non-hydrogen) atoms. The molecule has 0 aliphatic heterocycles. The van der Waals surface area contributed by atoms with E-state index >= 15 is 0 Å². The maximum absolute atomic E-state index is 12.0. The molecule has 0 bridgehead atoms. The molecule has 1 rings (SSSR count). The Morgan fingerprint density at radius 2 is 2.00 bits per heavy atom. The lowest BCUT2D eigenvalue weighted by Gasteiger charge is -2.05. The molecule has 7 nitrogen and oxygen atoms in total. The molecule has 0 radical (unpaired) electrons. The molecule has 0 aliphatic rings. The molecule has 0 aliphatic carbocycles. The van der Waals surface area contributed by atoms with Gasteiger partial charge in [-0.25, -0.2) is 13.1 Å². The van der Waals surface area contributed by atoms with Crippen molar-refractivity contribution in [2.75, 3.05) is 40.0 Å². The maximum Gasteiger partial charge on any atom is 0.274 e. The molecule has 0 spiro atoms. The van der Waals surface area contributed by atoms with Crippen molar-refractivity contribution in [3.63, 3.8) is 0 Å². The Balaban J connectivity index is 2.36. The lowest BCUT2D eigenvalue weighted by molar-refractivity contribution is 0.0736. The highest BCUT2D eigenvalue weighted by atomic mass is 32.2. The van der Waals surface area contributed by atoms with Crippen molar-refractivity contribution in [3.05, 3.63) is 17.9 Å². The predicted molar refractivity (Wildman–Crippen MR) is 78.6 cm³/mol. The van der Waals surface area contributed by atoms with Crippen molar-refractivity contribution in [2.24, 2.45) is 0 Å². The molecule has 0 amide bonds. The van der Waals surface area contributed by atoms with E-state index in [9.17, 15) is 8.42 Å². The summed E-state index contributed by atoms with van der Waals surface area (Å²) < 4.78 is 41.7. The molecular formula is C13H24N2O5S. The lowest BCUT2D eigenvalue weighted by Crippen LogP contribution is -2.27. The number of nitrogens with one attached hydrogen (secondary N) is 2. The van der Waals surface area contributed by atoms with Crippen LogP contribution >= 0.6 is 0 Å². The number of hydrogen-bond acceptors (Lipinski definition) is 6. The van der Waals surface area contributed by atoms with Gasteiger partial charge >= 0.3 is 0 Å². The quantitative estimate of drug-likeness (QED) is 0.552. The summed E-state index contributed by atoms with van der Waals surface area (Å²) in [6, 6.07) is 3.11. The molecule has 2 N–H and O–H groups in total. The van der Waals surface area contributed by atoms with Crippen LogP contribution in [-0.2, 0) is 26.0 Å². The molecule has 0 unspecified atom stereocenters. The highest BCUT2D eigenvalue weighted by Gasteiger charge is 2.17. The van der Waals surface area contributed by atoms with E-state index in [4.69, 9.17) is 13.9 Å². The number of methoxy groups -OCH3 is 1. The highest BCUT2D eigenvalue weighted by Crippen LogP contribution is 2.13. The van der Waals surface area contributed by atoms with Gasteiger partial charge in [0, 0.05) is 13.7 Å². The van der Waals surface area contributed by atoms with Crippen LogP contribution in [0.15, 0.2) is 21.6 Å². The van der Waals surface area contributed by atoms with Gasteiger partial charge in [0.05, 0.1) is 26.4 Å². The van der Waals surface area contributed by atoms with Crippen molar-refractivity contribution in [1.29, 1.82) is 0 Å². The van der Waals surface area contributed by atoms with Gasteiger partial charge in [0.15, 0.2) is 0 Å². The van der Waals surface area contributed by atoms with Crippen LogP contribution in [0.5, 0.6) is 0 Å². The summed E-state index contributed by atoms with van der Waals surface area (Å²) in [4.78, 5) is 0. The van der Waals surface area contributed by atoms with E-state index < -0.39 is 10.0 Å². The van der Waals surface area contributed by atoms with Crippen LogP contribution in [0.1, 0.15) is 19.1 Å². The van der Waals surface area contributed by atoms with Gasteiger partial charge < -0.3 is 19.2 Å². The first kappa shape index (κ1) is 18.1. The highest BCUT2D eigenvalue weighted by molar-refractivity contribution is 7.89. The van der Waals surface area contributed by atoms with Gasteiger partial charge in [0.2, 0.25) is 5.09 Å². The fourth-order valence-corrected chi connectivity index (χ4v) is 2.51. The van der Waals surface area contributed by atoms with Gasteiger partial charge in [-0.1, -0.05) is 6.92 Å². The van der Waals surface area contributed by atoms with Crippen LogP contribution in [0.3, 0.4) is 0 Å². The molecule has 0 saturated heterocycles. The third kappa shape index (κ3) is 7.05. The van der Waals surface area contributed by atoms with Gasteiger partial charge in [-0.2, -0.15) is 0 Å². The van der Waals surface area contributed by atoms with Crippen molar-refractivity contribution < 1.29 is 22.3 Å². The molecule has 1 aromatic rings. The minimum absolute atomic E-state index is 0.0762. The minimum Gasteiger partial charge on any atom is -0.447 e. The van der Waals surface area contributed by atoms with E-state index in [0.29, 0.717) is 25.5 Å². The number of rotatable bonds is 12.